The fourth-order valence-electron chi connectivity index (χ4n) is 3.20. The van der Waals surface area contributed by atoms with E-state index in [-0.39, 0.29) is 22.1 Å². The molecule has 0 radical (unpaired) electrons. The highest BCUT2D eigenvalue weighted by Crippen LogP contribution is 2.27. The number of nitrogens with zero attached hydrogens (tertiary/aromatic N) is 2. The maximum absolute atomic E-state index is 12.8. The molecule has 156 valence electrons. The summed E-state index contributed by atoms with van der Waals surface area (Å²) in [5.74, 6) is -0.687. The Kier molecular flexibility index (Phi) is 6.19. The Bertz CT molecular complexity index is 1160. The van der Waals surface area contributed by atoms with E-state index in [4.69, 9.17) is 16.3 Å². The highest BCUT2D eigenvalue weighted by atomic mass is 35.5. The van der Waals surface area contributed by atoms with Crippen molar-refractivity contribution < 1.29 is 17.9 Å². The van der Waals surface area contributed by atoms with Crippen LogP contribution >= 0.6 is 22.9 Å². The molecule has 6 nitrogen and oxygen atoms in total. The van der Waals surface area contributed by atoms with Gasteiger partial charge >= 0.3 is 5.97 Å². The van der Waals surface area contributed by atoms with Crippen molar-refractivity contribution in [3.63, 3.8) is 0 Å². The molecule has 1 aliphatic heterocycles. The molecule has 0 saturated carbocycles. The van der Waals surface area contributed by atoms with Gasteiger partial charge in [0.2, 0.25) is 10.0 Å². The molecule has 0 bridgehead atoms. The van der Waals surface area contributed by atoms with E-state index in [1.807, 2.05) is 35.7 Å². The van der Waals surface area contributed by atoms with Gasteiger partial charge in [-0.05, 0) is 31.0 Å². The van der Waals surface area contributed by atoms with Crippen molar-refractivity contribution >= 4 is 38.9 Å². The summed E-state index contributed by atoms with van der Waals surface area (Å²) < 4.78 is 32.3. The zero-order valence-electron chi connectivity index (χ0n) is 16.0. The number of benzene rings is 2. The van der Waals surface area contributed by atoms with E-state index in [9.17, 15) is 13.2 Å². The molecule has 0 amide bonds. The maximum atomic E-state index is 12.8. The van der Waals surface area contributed by atoms with Crippen LogP contribution in [-0.4, -0.2) is 36.8 Å². The summed E-state index contributed by atoms with van der Waals surface area (Å²) in [5.41, 5.74) is 1.63. The van der Waals surface area contributed by atoms with E-state index < -0.39 is 16.0 Å². The summed E-state index contributed by atoms with van der Waals surface area (Å²) in [6.07, 6.45) is 1.67. The molecular formula is C21H19ClN2O4S2. The van der Waals surface area contributed by atoms with E-state index in [0.717, 1.165) is 23.4 Å². The molecular weight excluding hydrogens is 444 g/mol. The third kappa shape index (κ3) is 4.41. The van der Waals surface area contributed by atoms with Gasteiger partial charge in [-0.15, -0.1) is 11.3 Å². The number of hydrogen-bond acceptors (Lipinski definition) is 6. The van der Waals surface area contributed by atoms with Crippen LogP contribution in [-0.2, 0) is 21.4 Å². The van der Waals surface area contributed by atoms with Crippen LogP contribution in [0, 0.1) is 0 Å². The standard InChI is InChI=1S/C21H19ClN2O4S2/c22-19-9-8-17(30(26,27)24-10-4-5-11-24)12-18(19)21(25)28-13-16-14-29-20(23-16)15-6-2-1-3-7-15/h1-3,6-9,12,14H,4-5,10-11,13H2. The first-order chi connectivity index (χ1) is 14.4. The average molecular weight is 463 g/mol. The molecule has 1 fully saturated rings. The van der Waals surface area contributed by atoms with Crippen molar-refractivity contribution in [3.8, 4) is 10.6 Å². The summed E-state index contributed by atoms with van der Waals surface area (Å²) in [5, 5.41) is 2.80. The van der Waals surface area contributed by atoms with Crippen LogP contribution in [0.15, 0.2) is 58.8 Å². The minimum Gasteiger partial charge on any atom is -0.456 e. The van der Waals surface area contributed by atoms with Gasteiger partial charge in [0, 0.05) is 24.0 Å². The molecule has 2 aromatic carbocycles. The lowest BCUT2D eigenvalue weighted by molar-refractivity contribution is 0.0468. The second-order valence-corrected chi connectivity index (χ2v) is 10.0. The van der Waals surface area contributed by atoms with Gasteiger partial charge < -0.3 is 4.74 Å². The number of ether oxygens (including phenoxy) is 1. The molecule has 0 spiro atoms. The monoisotopic (exact) mass is 462 g/mol. The zero-order valence-corrected chi connectivity index (χ0v) is 18.3. The molecule has 0 N–H and O–H groups in total. The fourth-order valence-corrected chi connectivity index (χ4v) is 5.75. The zero-order chi connectivity index (χ0) is 21.1. The lowest BCUT2D eigenvalue weighted by Gasteiger charge is -2.16. The molecule has 0 aliphatic carbocycles. The molecule has 3 aromatic rings. The first-order valence-electron chi connectivity index (χ1n) is 9.42. The van der Waals surface area contributed by atoms with Gasteiger partial charge in [-0.2, -0.15) is 4.31 Å². The van der Waals surface area contributed by atoms with Crippen molar-refractivity contribution in [2.75, 3.05) is 13.1 Å². The number of esters is 1. The van der Waals surface area contributed by atoms with Crippen LogP contribution in [0.2, 0.25) is 5.02 Å². The predicted octanol–water partition coefficient (Wildman–Crippen LogP) is 4.61. The van der Waals surface area contributed by atoms with Crippen molar-refractivity contribution in [1.29, 1.82) is 0 Å². The third-order valence-electron chi connectivity index (χ3n) is 4.78. The molecule has 0 atom stereocenters. The number of carbonyl (C=O) groups is 1. The van der Waals surface area contributed by atoms with Gasteiger partial charge in [-0.1, -0.05) is 41.9 Å². The number of aromatic nitrogens is 1. The molecule has 1 aliphatic rings. The van der Waals surface area contributed by atoms with Crippen LogP contribution in [0.1, 0.15) is 28.9 Å². The Labute approximate surface area is 184 Å². The Morgan fingerprint density at radius 3 is 2.60 bits per heavy atom. The molecule has 30 heavy (non-hydrogen) atoms. The second kappa shape index (κ2) is 8.85. The van der Waals surface area contributed by atoms with Crippen LogP contribution in [0.4, 0.5) is 0 Å². The van der Waals surface area contributed by atoms with E-state index in [1.54, 1.807) is 0 Å². The van der Waals surface area contributed by atoms with Crippen molar-refractivity contribution in [2.45, 2.75) is 24.3 Å². The van der Waals surface area contributed by atoms with E-state index in [2.05, 4.69) is 4.98 Å². The lowest BCUT2D eigenvalue weighted by Crippen LogP contribution is -2.28. The largest absolute Gasteiger partial charge is 0.456 e. The second-order valence-electron chi connectivity index (χ2n) is 6.84. The highest BCUT2D eigenvalue weighted by molar-refractivity contribution is 7.89. The predicted molar refractivity (Wildman–Crippen MR) is 116 cm³/mol. The van der Waals surface area contributed by atoms with Gasteiger partial charge in [0.1, 0.15) is 11.6 Å². The molecule has 2 heterocycles. The first-order valence-corrected chi connectivity index (χ1v) is 12.1. The fraction of sp³-hybridized carbons (Fsp3) is 0.238. The number of hydrogen-bond donors (Lipinski definition) is 0. The Morgan fingerprint density at radius 2 is 1.87 bits per heavy atom. The van der Waals surface area contributed by atoms with Crippen molar-refractivity contribution in [1.82, 2.24) is 9.29 Å². The van der Waals surface area contributed by atoms with Crippen molar-refractivity contribution in [2.24, 2.45) is 0 Å². The van der Waals surface area contributed by atoms with Gasteiger partial charge in [0.05, 0.1) is 21.2 Å². The summed E-state index contributed by atoms with van der Waals surface area (Å²) >= 11 is 7.60. The Hall–Kier alpha value is -2.26. The van der Waals surface area contributed by atoms with Crippen LogP contribution in [0.25, 0.3) is 10.6 Å². The molecule has 9 heteroatoms. The van der Waals surface area contributed by atoms with Crippen LogP contribution in [0.5, 0.6) is 0 Å². The maximum Gasteiger partial charge on any atom is 0.340 e. The number of carbonyl (C=O) groups excluding carboxylic acids is 1. The number of rotatable bonds is 6. The van der Waals surface area contributed by atoms with Crippen LogP contribution in [0.3, 0.4) is 0 Å². The minimum absolute atomic E-state index is 0.0236. The van der Waals surface area contributed by atoms with E-state index >= 15 is 0 Å². The number of thiazole rings is 1. The normalized spacial score (nSPS) is 14.7. The molecule has 1 saturated heterocycles. The lowest BCUT2D eigenvalue weighted by atomic mass is 10.2. The van der Waals surface area contributed by atoms with Crippen LogP contribution < -0.4 is 0 Å². The highest BCUT2D eigenvalue weighted by Gasteiger charge is 2.28. The smallest absolute Gasteiger partial charge is 0.340 e. The van der Waals surface area contributed by atoms with Gasteiger partial charge in [-0.3, -0.25) is 0 Å². The molecule has 4 rings (SSSR count). The Morgan fingerprint density at radius 1 is 1.13 bits per heavy atom. The summed E-state index contributed by atoms with van der Waals surface area (Å²) in [4.78, 5) is 17.1. The minimum atomic E-state index is -3.65. The number of sulfonamides is 1. The number of halogens is 1. The van der Waals surface area contributed by atoms with Crippen molar-refractivity contribution in [3.05, 3.63) is 70.2 Å². The summed E-state index contributed by atoms with van der Waals surface area (Å²) in [6.45, 7) is 0.943. The molecule has 0 unspecified atom stereocenters. The SMILES string of the molecule is O=C(OCc1csc(-c2ccccc2)n1)c1cc(S(=O)(=O)N2CCCC2)ccc1Cl. The molecule has 1 aromatic heterocycles. The average Bonchev–Trinajstić information content (AvgIpc) is 3.45. The Balaban J connectivity index is 1.48. The topological polar surface area (TPSA) is 76.6 Å². The van der Waals surface area contributed by atoms with E-state index in [1.165, 1.54) is 33.8 Å². The third-order valence-corrected chi connectivity index (χ3v) is 7.95. The first kappa shape index (κ1) is 21.0. The summed E-state index contributed by atoms with van der Waals surface area (Å²) in [7, 11) is -3.65. The van der Waals surface area contributed by atoms with Gasteiger partial charge in [0.15, 0.2) is 0 Å². The van der Waals surface area contributed by atoms with E-state index in [0.29, 0.717) is 18.8 Å². The van der Waals surface area contributed by atoms with Gasteiger partial charge in [-0.25, -0.2) is 18.2 Å². The van der Waals surface area contributed by atoms with Gasteiger partial charge in [0.25, 0.3) is 0 Å². The summed E-state index contributed by atoms with van der Waals surface area (Å²) in [6, 6.07) is 13.8. The quantitative estimate of drug-likeness (QED) is 0.500.